The van der Waals surface area contributed by atoms with Gasteiger partial charge in [0.25, 0.3) is 0 Å². The fourth-order valence-corrected chi connectivity index (χ4v) is 2.30. The molecule has 3 rings (SSSR count). The Kier molecular flexibility index (Phi) is 2.74. The van der Waals surface area contributed by atoms with Crippen molar-refractivity contribution in [2.45, 2.75) is 6.42 Å². The Bertz CT molecular complexity index is 715. The SMILES string of the molecule is NC(=O)C1CC(=O)N(c2nc(N)c3ccccc3n2)C1. The Labute approximate surface area is 114 Å². The molecule has 4 N–H and O–H groups in total. The van der Waals surface area contributed by atoms with Crippen LogP contribution in [0.25, 0.3) is 10.9 Å². The monoisotopic (exact) mass is 271 g/mol. The van der Waals surface area contributed by atoms with Gasteiger partial charge >= 0.3 is 0 Å². The third kappa shape index (κ3) is 1.93. The zero-order valence-electron chi connectivity index (χ0n) is 10.6. The second kappa shape index (κ2) is 4.44. The predicted octanol–water partition coefficient (Wildman–Crippen LogP) is 0.0502. The van der Waals surface area contributed by atoms with Crippen LogP contribution < -0.4 is 16.4 Å². The van der Waals surface area contributed by atoms with Crippen LogP contribution in [-0.4, -0.2) is 28.3 Å². The number of para-hydroxylation sites is 1. The topological polar surface area (TPSA) is 115 Å². The van der Waals surface area contributed by atoms with Gasteiger partial charge in [-0.25, -0.2) is 4.98 Å². The Balaban J connectivity index is 2.03. The number of primary amides is 1. The number of nitrogens with two attached hydrogens (primary N) is 2. The first-order valence-electron chi connectivity index (χ1n) is 6.18. The number of carbonyl (C=O) groups excluding carboxylic acids is 2. The third-order valence-corrected chi connectivity index (χ3v) is 3.39. The van der Waals surface area contributed by atoms with Gasteiger partial charge < -0.3 is 11.5 Å². The highest BCUT2D eigenvalue weighted by molar-refractivity contribution is 6.00. The lowest BCUT2D eigenvalue weighted by molar-refractivity contribution is -0.123. The van der Waals surface area contributed by atoms with E-state index in [9.17, 15) is 9.59 Å². The molecule has 0 saturated carbocycles. The zero-order chi connectivity index (χ0) is 14.3. The van der Waals surface area contributed by atoms with Crippen molar-refractivity contribution in [3.05, 3.63) is 24.3 Å². The third-order valence-electron chi connectivity index (χ3n) is 3.39. The van der Waals surface area contributed by atoms with Crippen molar-refractivity contribution in [1.82, 2.24) is 9.97 Å². The molecular weight excluding hydrogens is 258 g/mol. The first kappa shape index (κ1) is 12.3. The molecule has 7 nitrogen and oxygen atoms in total. The van der Waals surface area contributed by atoms with Crippen molar-refractivity contribution in [2.24, 2.45) is 11.7 Å². The molecule has 1 aromatic heterocycles. The number of fused-ring (bicyclic) bond motifs is 1. The van der Waals surface area contributed by atoms with Crippen LogP contribution in [0, 0.1) is 5.92 Å². The lowest BCUT2D eigenvalue weighted by Gasteiger charge is -2.15. The molecule has 102 valence electrons. The van der Waals surface area contributed by atoms with E-state index < -0.39 is 11.8 Å². The maximum Gasteiger partial charge on any atom is 0.234 e. The summed E-state index contributed by atoms with van der Waals surface area (Å²) in [7, 11) is 0. The van der Waals surface area contributed by atoms with Crippen molar-refractivity contribution in [2.75, 3.05) is 17.2 Å². The van der Waals surface area contributed by atoms with Gasteiger partial charge in [-0.05, 0) is 12.1 Å². The first-order chi connectivity index (χ1) is 9.56. The van der Waals surface area contributed by atoms with Gasteiger partial charge in [0.15, 0.2) is 0 Å². The van der Waals surface area contributed by atoms with Crippen LogP contribution >= 0.6 is 0 Å². The summed E-state index contributed by atoms with van der Waals surface area (Å²) in [5, 5.41) is 0.731. The fourth-order valence-electron chi connectivity index (χ4n) is 2.30. The van der Waals surface area contributed by atoms with Gasteiger partial charge in [0.2, 0.25) is 17.8 Å². The van der Waals surface area contributed by atoms with Gasteiger partial charge in [-0.2, -0.15) is 4.98 Å². The van der Waals surface area contributed by atoms with Gasteiger partial charge in [-0.3, -0.25) is 14.5 Å². The molecule has 20 heavy (non-hydrogen) atoms. The van der Waals surface area contributed by atoms with E-state index in [0.29, 0.717) is 11.3 Å². The minimum atomic E-state index is -0.501. The standard InChI is InChI=1S/C13H13N5O2/c14-11-8-3-1-2-4-9(8)16-13(17-11)18-6-7(12(15)20)5-10(18)19/h1-4,7H,5-6H2,(H2,15,20)(H2,14,16,17). The van der Waals surface area contributed by atoms with Crippen LogP contribution in [0.5, 0.6) is 0 Å². The molecule has 0 spiro atoms. The Morgan fingerprint density at radius 3 is 2.75 bits per heavy atom. The summed E-state index contributed by atoms with van der Waals surface area (Å²) in [6, 6.07) is 7.28. The van der Waals surface area contributed by atoms with Crippen LogP contribution in [0.2, 0.25) is 0 Å². The number of rotatable bonds is 2. The molecule has 1 unspecified atom stereocenters. The van der Waals surface area contributed by atoms with Crippen LogP contribution in [0.1, 0.15) is 6.42 Å². The van der Waals surface area contributed by atoms with Crippen LogP contribution in [0.3, 0.4) is 0 Å². The highest BCUT2D eigenvalue weighted by atomic mass is 16.2. The summed E-state index contributed by atoms with van der Waals surface area (Å²) in [6.45, 7) is 0.200. The maximum atomic E-state index is 11.9. The normalized spacial score (nSPS) is 18.7. The molecule has 1 aromatic carbocycles. The quantitative estimate of drug-likeness (QED) is 0.800. The average molecular weight is 271 g/mol. The molecule has 2 heterocycles. The Morgan fingerprint density at radius 2 is 2.05 bits per heavy atom. The van der Waals surface area contributed by atoms with Gasteiger partial charge in [0.05, 0.1) is 11.4 Å². The van der Waals surface area contributed by atoms with Crippen LogP contribution in [0.4, 0.5) is 11.8 Å². The van der Waals surface area contributed by atoms with Crippen molar-refractivity contribution in [3.63, 3.8) is 0 Å². The van der Waals surface area contributed by atoms with E-state index in [1.54, 1.807) is 6.07 Å². The summed E-state index contributed by atoms with van der Waals surface area (Å²) < 4.78 is 0. The Morgan fingerprint density at radius 1 is 1.30 bits per heavy atom. The second-order valence-electron chi connectivity index (χ2n) is 4.73. The van der Waals surface area contributed by atoms with E-state index in [0.717, 1.165) is 5.39 Å². The molecule has 1 fully saturated rings. The van der Waals surface area contributed by atoms with Gasteiger partial charge in [0, 0.05) is 18.4 Å². The van der Waals surface area contributed by atoms with Crippen molar-refractivity contribution in [1.29, 1.82) is 0 Å². The van der Waals surface area contributed by atoms with Gasteiger partial charge in [-0.1, -0.05) is 12.1 Å². The van der Waals surface area contributed by atoms with Gasteiger partial charge in [-0.15, -0.1) is 0 Å². The van der Waals surface area contributed by atoms with E-state index >= 15 is 0 Å². The number of aromatic nitrogens is 2. The molecule has 7 heteroatoms. The number of nitrogens with zero attached hydrogens (tertiary/aromatic N) is 3. The molecule has 0 aliphatic carbocycles. The number of hydrogen-bond donors (Lipinski definition) is 2. The maximum absolute atomic E-state index is 11.9. The number of benzene rings is 1. The van der Waals surface area contributed by atoms with E-state index in [4.69, 9.17) is 11.5 Å². The van der Waals surface area contributed by atoms with E-state index in [-0.39, 0.29) is 24.8 Å². The molecule has 0 radical (unpaired) electrons. The molecule has 1 aliphatic heterocycles. The van der Waals surface area contributed by atoms with Crippen molar-refractivity contribution in [3.8, 4) is 0 Å². The Hall–Kier alpha value is -2.70. The molecule has 1 aliphatic rings. The molecule has 2 amide bonds. The summed E-state index contributed by atoms with van der Waals surface area (Å²) in [6.07, 6.45) is 0.0887. The zero-order valence-corrected chi connectivity index (χ0v) is 10.6. The summed E-state index contributed by atoms with van der Waals surface area (Å²) in [4.78, 5) is 32.9. The van der Waals surface area contributed by atoms with E-state index in [1.807, 2.05) is 18.2 Å². The molecule has 2 aromatic rings. The van der Waals surface area contributed by atoms with Crippen LogP contribution in [-0.2, 0) is 9.59 Å². The average Bonchev–Trinajstić information content (AvgIpc) is 2.81. The smallest absolute Gasteiger partial charge is 0.234 e. The largest absolute Gasteiger partial charge is 0.383 e. The minimum absolute atomic E-state index is 0.0887. The van der Waals surface area contributed by atoms with Crippen LogP contribution in [0.15, 0.2) is 24.3 Å². The lowest BCUT2D eigenvalue weighted by Crippen LogP contribution is -2.29. The molecule has 1 atom stereocenters. The number of amides is 2. The number of nitrogen functional groups attached to an aromatic ring is 1. The fraction of sp³-hybridized carbons (Fsp3) is 0.231. The molecule has 1 saturated heterocycles. The van der Waals surface area contributed by atoms with E-state index in [1.165, 1.54) is 4.90 Å². The molecule has 0 bridgehead atoms. The number of hydrogen-bond acceptors (Lipinski definition) is 5. The number of anilines is 2. The second-order valence-corrected chi connectivity index (χ2v) is 4.73. The predicted molar refractivity (Wildman–Crippen MR) is 73.6 cm³/mol. The van der Waals surface area contributed by atoms with E-state index in [2.05, 4.69) is 9.97 Å². The van der Waals surface area contributed by atoms with Crippen molar-refractivity contribution < 1.29 is 9.59 Å². The van der Waals surface area contributed by atoms with Gasteiger partial charge in [0.1, 0.15) is 5.82 Å². The first-order valence-corrected chi connectivity index (χ1v) is 6.18. The molecular formula is C13H13N5O2. The highest BCUT2D eigenvalue weighted by Crippen LogP contribution is 2.26. The number of carbonyl (C=O) groups is 2. The summed E-state index contributed by atoms with van der Waals surface area (Å²) >= 11 is 0. The highest BCUT2D eigenvalue weighted by Gasteiger charge is 2.35. The van der Waals surface area contributed by atoms with Crippen molar-refractivity contribution >= 4 is 34.5 Å². The minimum Gasteiger partial charge on any atom is -0.383 e. The summed E-state index contributed by atoms with van der Waals surface area (Å²) in [5.74, 6) is -0.687. The summed E-state index contributed by atoms with van der Waals surface area (Å²) in [5.41, 5.74) is 11.8. The lowest BCUT2D eigenvalue weighted by atomic mass is 10.1.